The number of benzene rings is 1. The van der Waals surface area contributed by atoms with Gasteiger partial charge >= 0.3 is 0 Å². The van der Waals surface area contributed by atoms with Crippen molar-refractivity contribution in [2.24, 2.45) is 0 Å². The minimum absolute atomic E-state index is 0.186. The molecule has 0 saturated carbocycles. The number of hydrogen-bond donors (Lipinski definition) is 1. The highest BCUT2D eigenvalue weighted by Crippen LogP contribution is 2.19. The molecule has 0 aliphatic heterocycles. The zero-order valence-corrected chi connectivity index (χ0v) is 15.3. The van der Waals surface area contributed by atoms with Crippen LogP contribution in [0.2, 0.25) is 0 Å². The minimum atomic E-state index is -0.186. The highest BCUT2D eigenvalue weighted by Gasteiger charge is 2.09. The van der Waals surface area contributed by atoms with Crippen molar-refractivity contribution in [1.82, 2.24) is 24.1 Å². The molecule has 27 heavy (non-hydrogen) atoms. The Kier molecular flexibility index (Phi) is 4.71. The second kappa shape index (κ2) is 7.46. The smallest absolute Gasteiger partial charge is 0.255 e. The van der Waals surface area contributed by atoms with Gasteiger partial charge in [-0.05, 0) is 42.7 Å². The summed E-state index contributed by atoms with van der Waals surface area (Å²) in [6.07, 6.45) is 12.4. The van der Waals surface area contributed by atoms with Gasteiger partial charge in [0.2, 0.25) is 0 Å². The number of carbonyl (C=O) groups is 1. The quantitative estimate of drug-likeness (QED) is 0.540. The van der Waals surface area contributed by atoms with Crippen LogP contribution in [0.3, 0.4) is 0 Å². The third-order valence-corrected chi connectivity index (χ3v) is 4.64. The third-order valence-electron chi connectivity index (χ3n) is 3.97. The summed E-state index contributed by atoms with van der Waals surface area (Å²) >= 11 is 1.57. The standard InChI is InChI=1S/C19H16N6OS/c1-27-19-21-9-11-25(19)16-5-2-14(3-6-16)18(26)23-15-4-7-17(22-12-15)24-10-8-20-13-24/h2-13H,1H3,(H,23,26). The van der Waals surface area contributed by atoms with Crippen molar-refractivity contribution < 1.29 is 4.79 Å². The van der Waals surface area contributed by atoms with E-state index in [0.29, 0.717) is 11.3 Å². The number of anilines is 1. The maximum atomic E-state index is 12.5. The zero-order chi connectivity index (χ0) is 18.6. The van der Waals surface area contributed by atoms with Crippen LogP contribution in [0.4, 0.5) is 5.69 Å². The van der Waals surface area contributed by atoms with Crippen LogP contribution < -0.4 is 5.32 Å². The molecule has 0 radical (unpaired) electrons. The van der Waals surface area contributed by atoms with Gasteiger partial charge in [-0.2, -0.15) is 0 Å². The van der Waals surface area contributed by atoms with Gasteiger partial charge in [-0.3, -0.25) is 13.9 Å². The van der Waals surface area contributed by atoms with Crippen LogP contribution in [-0.4, -0.2) is 36.2 Å². The summed E-state index contributed by atoms with van der Waals surface area (Å²) in [6, 6.07) is 11.0. The summed E-state index contributed by atoms with van der Waals surface area (Å²) in [5, 5.41) is 3.76. The van der Waals surface area contributed by atoms with Gasteiger partial charge in [0.1, 0.15) is 12.1 Å². The average Bonchev–Trinajstić information content (AvgIpc) is 3.40. The lowest BCUT2D eigenvalue weighted by Gasteiger charge is -2.09. The number of imidazole rings is 2. The molecule has 0 bridgehead atoms. The van der Waals surface area contributed by atoms with E-state index >= 15 is 0 Å². The van der Waals surface area contributed by atoms with Gasteiger partial charge < -0.3 is 5.32 Å². The molecule has 0 saturated heterocycles. The lowest BCUT2D eigenvalue weighted by atomic mass is 10.2. The molecule has 8 heteroatoms. The number of rotatable bonds is 5. The van der Waals surface area contributed by atoms with E-state index in [1.165, 1.54) is 0 Å². The summed E-state index contributed by atoms with van der Waals surface area (Å²) in [6.45, 7) is 0. The average molecular weight is 376 g/mol. The molecule has 0 aliphatic rings. The fourth-order valence-corrected chi connectivity index (χ4v) is 3.15. The van der Waals surface area contributed by atoms with Gasteiger partial charge in [0.05, 0.1) is 11.9 Å². The Bertz CT molecular complexity index is 1040. The second-order valence-electron chi connectivity index (χ2n) is 5.66. The molecule has 134 valence electrons. The molecule has 3 aromatic heterocycles. The zero-order valence-electron chi connectivity index (χ0n) is 14.5. The van der Waals surface area contributed by atoms with Gasteiger partial charge in [-0.1, -0.05) is 11.8 Å². The van der Waals surface area contributed by atoms with Crippen molar-refractivity contribution in [2.45, 2.75) is 5.16 Å². The SMILES string of the molecule is CSc1nccn1-c1ccc(C(=O)Nc2ccc(-n3ccnc3)nc2)cc1. The molecular formula is C19H16N6OS. The van der Waals surface area contributed by atoms with E-state index in [4.69, 9.17) is 0 Å². The minimum Gasteiger partial charge on any atom is -0.321 e. The van der Waals surface area contributed by atoms with Gasteiger partial charge in [-0.15, -0.1) is 0 Å². The topological polar surface area (TPSA) is 77.6 Å². The van der Waals surface area contributed by atoms with Crippen molar-refractivity contribution in [3.8, 4) is 11.5 Å². The second-order valence-corrected chi connectivity index (χ2v) is 6.43. The number of hydrogen-bond acceptors (Lipinski definition) is 5. The van der Waals surface area contributed by atoms with Crippen molar-refractivity contribution >= 4 is 23.4 Å². The molecule has 1 N–H and O–H groups in total. The predicted octanol–water partition coefficient (Wildman–Crippen LogP) is 3.43. The molecular weight excluding hydrogens is 360 g/mol. The molecule has 4 aromatic rings. The highest BCUT2D eigenvalue weighted by molar-refractivity contribution is 7.98. The van der Waals surface area contributed by atoms with Crippen LogP contribution in [0.15, 0.2) is 78.9 Å². The Hall–Kier alpha value is -3.39. The number of nitrogens with one attached hydrogen (secondary N) is 1. The summed E-state index contributed by atoms with van der Waals surface area (Å²) in [5.41, 5.74) is 2.16. The van der Waals surface area contributed by atoms with E-state index in [0.717, 1.165) is 16.7 Å². The number of pyridine rings is 1. The third kappa shape index (κ3) is 3.61. The molecule has 3 heterocycles. The van der Waals surface area contributed by atoms with Crippen LogP contribution in [0.1, 0.15) is 10.4 Å². The van der Waals surface area contributed by atoms with Crippen molar-refractivity contribution in [2.75, 3.05) is 11.6 Å². The van der Waals surface area contributed by atoms with Crippen molar-refractivity contribution in [3.05, 3.63) is 79.3 Å². The van der Waals surface area contributed by atoms with Gasteiger partial charge in [0.15, 0.2) is 5.16 Å². The fraction of sp³-hybridized carbons (Fsp3) is 0.0526. The van der Waals surface area contributed by atoms with E-state index in [1.807, 2.05) is 47.5 Å². The molecule has 0 fully saturated rings. The molecule has 0 aliphatic carbocycles. The molecule has 4 rings (SSSR count). The van der Waals surface area contributed by atoms with Crippen molar-refractivity contribution in [1.29, 1.82) is 0 Å². The fourth-order valence-electron chi connectivity index (χ4n) is 2.62. The maximum absolute atomic E-state index is 12.5. The Morgan fingerprint density at radius 2 is 1.89 bits per heavy atom. The van der Waals surface area contributed by atoms with E-state index in [-0.39, 0.29) is 5.91 Å². The lowest BCUT2D eigenvalue weighted by molar-refractivity contribution is 0.102. The molecule has 1 amide bonds. The largest absolute Gasteiger partial charge is 0.321 e. The Morgan fingerprint density at radius 1 is 1.04 bits per heavy atom. The predicted molar refractivity (Wildman–Crippen MR) is 105 cm³/mol. The number of amides is 1. The molecule has 1 aromatic carbocycles. The molecule has 0 spiro atoms. The molecule has 7 nitrogen and oxygen atoms in total. The van der Waals surface area contributed by atoms with Gasteiger partial charge in [-0.25, -0.2) is 15.0 Å². The number of nitrogens with zero attached hydrogens (tertiary/aromatic N) is 5. The summed E-state index contributed by atoms with van der Waals surface area (Å²) in [4.78, 5) is 25.1. The van der Waals surface area contributed by atoms with Gasteiger partial charge in [0.25, 0.3) is 5.91 Å². The summed E-state index contributed by atoms with van der Waals surface area (Å²) in [7, 11) is 0. The Balaban J connectivity index is 1.47. The Morgan fingerprint density at radius 3 is 2.56 bits per heavy atom. The Labute approximate surface area is 160 Å². The molecule has 0 unspecified atom stereocenters. The van der Waals surface area contributed by atoms with E-state index < -0.39 is 0 Å². The van der Waals surface area contributed by atoms with Crippen LogP contribution >= 0.6 is 11.8 Å². The van der Waals surface area contributed by atoms with Crippen LogP contribution in [0.25, 0.3) is 11.5 Å². The van der Waals surface area contributed by atoms with Gasteiger partial charge in [0, 0.05) is 36.0 Å². The van der Waals surface area contributed by atoms with Crippen LogP contribution in [0, 0.1) is 0 Å². The number of thioether (sulfide) groups is 1. The highest BCUT2D eigenvalue weighted by atomic mass is 32.2. The summed E-state index contributed by atoms with van der Waals surface area (Å²) in [5.74, 6) is 0.550. The number of aromatic nitrogens is 5. The first-order valence-electron chi connectivity index (χ1n) is 8.18. The normalized spacial score (nSPS) is 10.7. The number of carbonyl (C=O) groups excluding carboxylic acids is 1. The first-order valence-corrected chi connectivity index (χ1v) is 9.40. The maximum Gasteiger partial charge on any atom is 0.255 e. The first kappa shape index (κ1) is 17.0. The van der Waals surface area contributed by atoms with E-state index in [1.54, 1.807) is 53.4 Å². The molecule has 0 atom stereocenters. The monoisotopic (exact) mass is 376 g/mol. The lowest BCUT2D eigenvalue weighted by Crippen LogP contribution is -2.12. The van der Waals surface area contributed by atoms with Crippen molar-refractivity contribution in [3.63, 3.8) is 0 Å². The van der Waals surface area contributed by atoms with Crippen LogP contribution in [0.5, 0.6) is 0 Å². The van der Waals surface area contributed by atoms with Crippen LogP contribution in [-0.2, 0) is 0 Å². The summed E-state index contributed by atoms with van der Waals surface area (Å²) < 4.78 is 3.77. The first-order chi connectivity index (χ1) is 13.2. The van der Waals surface area contributed by atoms with E-state index in [2.05, 4.69) is 20.3 Å². The van der Waals surface area contributed by atoms with E-state index in [9.17, 15) is 4.79 Å².